The lowest BCUT2D eigenvalue weighted by atomic mass is 9.84. The normalized spacial score (nSPS) is 21.5. The predicted octanol–water partition coefficient (Wildman–Crippen LogP) is 8.30. The molecule has 79 heavy (non-hydrogen) atoms. The summed E-state index contributed by atoms with van der Waals surface area (Å²) in [5.74, 6) is 1.87. The highest BCUT2D eigenvalue weighted by atomic mass is 19.4. The molecule has 4 aliphatic rings. The molecule has 428 valence electrons. The molecule has 3 fully saturated rings. The lowest BCUT2D eigenvalue weighted by Gasteiger charge is -2.41. The molecular weight excluding hydrogens is 1030 g/mol. The predicted molar refractivity (Wildman–Crippen MR) is 292 cm³/mol. The van der Waals surface area contributed by atoms with Crippen molar-refractivity contribution in [3.8, 4) is 23.0 Å². The van der Waals surface area contributed by atoms with Gasteiger partial charge < -0.3 is 29.2 Å². The average molecular weight is 1100 g/mol. The van der Waals surface area contributed by atoms with Crippen molar-refractivity contribution in [1.29, 1.82) is 0 Å². The minimum absolute atomic E-state index is 0.0540. The van der Waals surface area contributed by atoms with Crippen LogP contribution in [0.25, 0.3) is 27.6 Å². The molecule has 0 radical (unpaired) electrons. The summed E-state index contributed by atoms with van der Waals surface area (Å²) in [5, 5.41) is 4.45. The maximum atomic E-state index is 15.1. The van der Waals surface area contributed by atoms with Gasteiger partial charge in [0.15, 0.2) is 0 Å². The van der Waals surface area contributed by atoms with Crippen molar-refractivity contribution in [2.45, 2.75) is 143 Å². The third-order valence-corrected chi connectivity index (χ3v) is 15.5. The fourth-order valence-electron chi connectivity index (χ4n) is 11.2. The zero-order valence-corrected chi connectivity index (χ0v) is 47.0. The molecule has 2 aromatic carbocycles. The summed E-state index contributed by atoms with van der Waals surface area (Å²) in [6, 6.07) is 5.22. The summed E-state index contributed by atoms with van der Waals surface area (Å²) in [6.45, 7) is 19.1. The van der Waals surface area contributed by atoms with Crippen molar-refractivity contribution in [2.24, 2.45) is 22.2 Å². The molecule has 6 bridgehead atoms. The molecule has 3 aromatic rings. The molecular formula is C59H75F5N8O7. The van der Waals surface area contributed by atoms with Gasteiger partial charge in [-0.1, -0.05) is 64.5 Å². The number of nitrogens with one attached hydrogen (secondary N) is 2. The van der Waals surface area contributed by atoms with Crippen LogP contribution in [0.4, 0.5) is 22.0 Å². The van der Waals surface area contributed by atoms with Crippen LogP contribution < -0.4 is 10.7 Å². The maximum Gasteiger partial charge on any atom is 0.406 e. The number of benzene rings is 2. The molecule has 3 saturated heterocycles. The van der Waals surface area contributed by atoms with E-state index in [1.165, 1.54) is 59.5 Å². The number of allylic oxidation sites excluding steroid dienone is 2. The SMILES string of the molecule is C=C/C(=C(\N=C/C)[C@H](C)OC)c1c2c3cc(ccc3n1CC(F)(F)F)-c1cc(cc(C(F)F)c1)C[C@H](NC(=O)[C@H](C(C)C)N(C)C(=O)[C@H]1CCN(C(=O)C#CC(C)(C)N3CCC3)C1)C(=O)N1CCC[C@H](N1)C(=O)OCC(C)(C)C2. The molecule has 5 heterocycles. The Morgan fingerprint density at radius 2 is 1.75 bits per heavy atom. The van der Waals surface area contributed by atoms with Crippen LogP contribution in [-0.2, 0) is 52.8 Å². The van der Waals surface area contributed by atoms with Crippen LogP contribution in [0.2, 0.25) is 0 Å². The summed E-state index contributed by atoms with van der Waals surface area (Å²) in [5.41, 5.74) is 3.31. The number of nitrogens with zero attached hydrogens (tertiary/aromatic N) is 6. The van der Waals surface area contributed by atoms with Crippen molar-refractivity contribution in [2.75, 3.05) is 53.5 Å². The first kappa shape index (κ1) is 60.2. The fraction of sp³-hybridized carbons (Fsp3) is 0.559. The molecule has 4 amide bonds. The molecule has 0 unspecified atom stereocenters. The number of hydrogen-bond donors (Lipinski definition) is 2. The van der Waals surface area contributed by atoms with Crippen molar-refractivity contribution < 1.29 is 55.4 Å². The van der Waals surface area contributed by atoms with E-state index < -0.39 is 95.4 Å². The minimum Gasteiger partial charge on any atom is -0.464 e. The smallest absolute Gasteiger partial charge is 0.406 e. The Bertz CT molecular complexity index is 2950. The van der Waals surface area contributed by atoms with Gasteiger partial charge in [-0.15, -0.1) is 0 Å². The minimum atomic E-state index is -4.72. The van der Waals surface area contributed by atoms with Gasteiger partial charge in [0.25, 0.3) is 18.2 Å². The zero-order valence-electron chi connectivity index (χ0n) is 47.0. The lowest BCUT2D eigenvalue weighted by molar-refractivity contribution is -0.155. The number of methoxy groups -OCH3 is 1. The number of likely N-dealkylation sites (N-methyl/N-ethyl adjacent to an activating group) is 1. The number of carbonyl (C=O) groups excluding carboxylic acids is 5. The highest BCUT2D eigenvalue weighted by molar-refractivity contribution is 5.97. The van der Waals surface area contributed by atoms with Crippen molar-refractivity contribution in [3.05, 3.63) is 77.1 Å². The van der Waals surface area contributed by atoms with E-state index in [9.17, 15) is 37.1 Å². The Morgan fingerprint density at radius 3 is 2.37 bits per heavy atom. The molecule has 5 atom stereocenters. The van der Waals surface area contributed by atoms with E-state index in [0.717, 1.165) is 24.1 Å². The molecule has 20 heteroatoms. The van der Waals surface area contributed by atoms with Crippen molar-refractivity contribution >= 4 is 52.3 Å². The molecule has 2 N–H and O–H groups in total. The van der Waals surface area contributed by atoms with Crippen LogP contribution in [0.5, 0.6) is 0 Å². The largest absolute Gasteiger partial charge is 0.464 e. The molecule has 0 aliphatic carbocycles. The lowest BCUT2D eigenvalue weighted by Crippen LogP contribution is -2.62. The number of aliphatic imine (C=N–C) groups is 1. The first-order valence-electron chi connectivity index (χ1n) is 27.1. The third-order valence-electron chi connectivity index (χ3n) is 15.5. The van der Waals surface area contributed by atoms with E-state index >= 15 is 8.78 Å². The van der Waals surface area contributed by atoms with Gasteiger partial charge in [0, 0.05) is 87.0 Å². The number of hydrazine groups is 1. The van der Waals surface area contributed by atoms with E-state index in [-0.39, 0.29) is 72.8 Å². The number of ether oxygens (including phenoxy) is 2. The second-order valence-electron chi connectivity index (χ2n) is 22.8. The van der Waals surface area contributed by atoms with Crippen LogP contribution in [-0.4, -0.2) is 150 Å². The molecule has 7 rings (SSSR count). The number of carbonyl (C=O) groups is 5. The standard InChI is InChI=1S/C59H75F5N8O7/c1-12-42(49(65-13-2)36(5)78-11)51-44-31-57(6,7)34-79-56(77)45-16-14-24-72(67-45)55(76)46(28-37-26-40(29-41(27-37)52(60)61)38-17-18-47(43(44)30-38)71(51)33-59(62,63)64)66-53(74)50(35(3)4)68(10)54(75)39-20-25-69(32-39)48(73)19-21-58(8,9)70-22-15-23-70/h12-13,17-18,26-27,29-30,35-36,39,45-46,50,52,67H,1,14-16,20,22-25,28,31-34H2,2-11H3,(H,66,74)/b49-42+,65-13-/t36-,39-,45-,46-,50-/m0/s1. The Labute approximate surface area is 459 Å². The number of alkyl halides is 5. The third kappa shape index (κ3) is 13.8. The van der Waals surface area contributed by atoms with Gasteiger partial charge in [-0.3, -0.25) is 38.9 Å². The summed E-state index contributed by atoms with van der Waals surface area (Å²) in [4.78, 5) is 80.8. The van der Waals surface area contributed by atoms with Crippen LogP contribution in [0.3, 0.4) is 0 Å². The van der Waals surface area contributed by atoms with E-state index in [1.807, 2.05) is 13.8 Å². The van der Waals surface area contributed by atoms with Gasteiger partial charge in [0.05, 0.1) is 35.6 Å². The Morgan fingerprint density at radius 1 is 1.03 bits per heavy atom. The van der Waals surface area contributed by atoms with Gasteiger partial charge in [-0.25, -0.2) is 14.2 Å². The van der Waals surface area contributed by atoms with E-state index in [4.69, 9.17) is 9.47 Å². The van der Waals surface area contributed by atoms with Crippen molar-refractivity contribution in [1.82, 2.24) is 35.0 Å². The second kappa shape index (κ2) is 24.5. The number of halogens is 5. The number of aromatic nitrogens is 1. The topological polar surface area (TPSA) is 158 Å². The van der Waals surface area contributed by atoms with Gasteiger partial charge in [0.1, 0.15) is 24.7 Å². The van der Waals surface area contributed by atoms with Gasteiger partial charge in [-0.2, -0.15) is 13.2 Å². The molecule has 4 aliphatic heterocycles. The Hall–Kier alpha value is -6.43. The van der Waals surface area contributed by atoms with Gasteiger partial charge in [-0.05, 0) is 112 Å². The van der Waals surface area contributed by atoms with Gasteiger partial charge in [0.2, 0.25) is 11.8 Å². The maximum absolute atomic E-state index is 15.1. The molecule has 0 saturated carbocycles. The number of hydrogen-bond acceptors (Lipinski definition) is 10. The first-order chi connectivity index (χ1) is 37.2. The summed E-state index contributed by atoms with van der Waals surface area (Å²) >= 11 is 0. The molecule has 15 nitrogen and oxygen atoms in total. The summed E-state index contributed by atoms with van der Waals surface area (Å²) in [7, 11) is 2.95. The van der Waals surface area contributed by atoms with Crippen LogP contribution in [0.15, 0.2) is 59.7 Å². The number of fused-ring (bicyclic) bond motifs is 6. The van der Waals surface area contributed by atoms with Crippen LogP contribution in [0, 0.1) is 29.1 Å². The number of likely N-dealkylation sites (tertiary alicyclic amines) is 2. The van der Waals surface area contributed by atoms with Crippen LogP contribution in [0.1, 0.15) is 110 Å². The fourth-order valence-corrected chi connectivity index (χ4v) is 11.2. The monoisotopic (exact) mass is 1100 g/mol. The zero-order chi connectivity index (χ0) is 57.9. The Kier molecular flexibility index (Phi) is 18.7. The average Bonchev–Trinajstić information content (AvgIpc) is 3.98. The number of amides is 4. The van der Waals surface area contributed by atoms with E-state index in [1.54, 1.807) is 59.7 Å². The highest BCUT2D eigenvalue weighted by Crippen LogP contribution is 2.42. The molecule has 1 aromatic heterocycles. The number of rotatable bonds is 13. The van der Waals surface area contributed by atoms with Crippen molar-refractivity contribution in [3.63, 3.8) is 0 Å². The summed E-state index contributed by atoms with van der Waals surface area (Å²) < 4.78 is 87.6. The van der Waals surface area contributed by atoms with E-state index in [2.05, 4.69) is 39.1 Å². The first-order valence-corrected chi connectivity index (χ1v) is 27.1. The second-order valence-corrected chi connectivity index (χ2v) is 22.8. The van der Waals surface area contributed by atoms with Gasteiger partial charge >= 0.3 is 12.1 Å². The van der Waals surface area contributed by atoms with E-state index in [0.29, 0.717) is 41.6 Å². The summed E-state index contributed by atoms with van der Waals surface area (Å²) in [6.07, 6.45) is -3.75. The molecule has 0 spiro atoms. The number of esters is 1. The Balaban J connectivity index is 1.31. The quantitative estimate of drug-likeness (QED) is 0.0565. The van der Waals surface area contributed by atoms with Crippen LogP contribution >= 0.6 is 0 Å². The number of cyclic esters (lactones) is 1. The highest BCUT2D eigenvalue weighted by Gasteiger charge is 2.41.